The topological polar surface area (TPSA) is 65.1 Å². The third-order valence-corrected chi connectivity index (χ3v) is 8.07. The monoisotopic (exact) mass is 454 g/mol. The van der Waals surface area contributed by atoms with Crippen molar-refractivity contribution in [2.45, 2.75) is 81.8 Å². The van der Waals surface area contributed by atoms with Crippen molar-refractivity contribution in [3.8, 4) is 11.3 Å². The Morgan fingerprint density at radius 2 is 1.74 bits per heavy atom. The van der Waals surface area contributed by atoms with Crippen LogP contribution in [0.15, 0.2) is 29.2 Å². The lowest BCUT2D eigenvalue weighted by Gasteiger charge is -2.25. The molecule has 0 amide bonds. The molecule has 2 aliphatic carbocycles. The fraction of sp³-hybridized carbons (Fsp3) is 0.565. The van der Waals surface area contributed by atoms with E-state index in [0.717, 1.165) is 44.6 Å². The molecule has 0 atom stereocenters. The van der Waals surface area contributed by atoms with E-state index in [4.69, 9.17) is 5.14 Å². The van der Waals surface area contributed by atoms with E-state index in [1.165, 1.54) is 18.6 Å². The molecule has 2 aliphatic rings. The lowest BCUT2D eigenvalue weighted by atomic mass is 9.89. The fourth-order valence-corrected chi connectivity index (χ4v) is 5.57. The minimum atomic E-state index is -4.48. The Balaban J connectivity index is 1.88. The zero-order valence-electron chi connectivity index (χ0n) is 17.9. The van der Waals surface area contributed by atoms with Crippen LogP contribution in [0, 0.1) is 12.8 Å². The Morgan fingerprint density at radius 1 is 1.10 bits per heavy atom. The van der Waals surface area contributed by atoms with E-state index in [9.17, 15) is 21.6 Å². The molecular weight excluding hydrogens is 425 g/mol. The lowest BCUT2D eigenvalue weighted by Crippen LogP contribution is -2.17. The van der Waals surface area contributed by atoms with Gasteiger partial charge in [0.2, 0.25) is 10.0 Å². The summed E-state index contributed by atoms with van der Waals surface area (Å²) in [5, 5.41) is 5.44. The van der Waals surface area contributed by atoms with Crippen molar-refractivity contribution in [2.75, 3.05) is 0 Å². The second-order valence-corrected chi connectivity index (χ2v) is 11.0. The molecule has 4 rings (SSSR count). The maximum absolute atomic E-state index is 13.7. The summed E-state index contributed by atoms with van der Waals surface area (Å²) < 4.78 is 67.3. The Kier molecular flexibility index (Phi) is 5.53. The predicted octanol–water partition coefficient (Wildman–Crippen LogP) is 5.76. The highest BCUT2D eigenvalue weighted by molar-refractivity contribution is 7.89. The molecule has 0 spiro atoms. The van der Waals surface area contributed by atoms with E-state index in [-0.39, 0.29) is 10.3 Å². The summed E-state index contributed by atoms with van der Waals surface area (Å²) in [5.41, 5.74) is 1.07. The molecule has 4 nitrogen and oxygen atoms in total. The maximum Gasteiger partial charge on any atom is 0.416 e. The molecule has 8 heteroatoms. The summed E-state index contributed by atoms with van der Waals surface area (Å²) in [5.74, 6) is 0.373. The standard InChI is InChI=1S/C23H29F3N2O2S/c1-15-21(31(27,29)30)13-20(28(15)14-16-6-4-3-5-7-16)17-10-18(22(2)8-9-22)12-19(11-17)23(24,25)26/h10-13,16H,3-9,14H2,1-2H3,(H2,27,29,30). The van der Waals surface area contributed by atoms with Crippen molar-refractivity contribution in [3.63, 3.8) is 0 Å². The van der Waals surface area contributed by atoms with E-state index < -0.39 is 21.8 Å². The molecule has 2 saturated carbocycles. The number of aromatic nitrogens is 1. The van der Waals surface area contributed by atoms with Gasteiger partial charge in [-0.1, -0.05) is 26.2 Å². The van der Waals surface area contributed by atoms with Crippen LogP contribution >= 0.6 is 0 Å². The highest BCUT2D eigenvalue weighted by Gasteiger charge is 2.41. The third-order valence-electron chi connectivity index (χ3n) is 7.05. The zero-order chi connectivity index (χ0) is 22.6. The van der Waals surface area contributed by atoms with E-state index in [1.54, 1.807) is 13.0 Å². The van der Waals surface area contributed by atoms with Crippen molar-refractivity contribution in [2.24, 2.45) is 11.1 Å². The average molecular weight is 455 g/mol. The number of nitrogens with zero attached hydrogens (tertiary/aromatic N) is 1. The van der Waals surface area contributed by atoms with E-state index in [2.05, 4.69) is 0 Å². The first-order valence-electron chi connectivity index (χ1n) is 10.8. The smallest absolute Gasteiger partial charge is 0.343 e. The molecule has 0 bridgehead atoms. The summed E-state index contributed by atoms with van der Waals surface area (Å²) >= 11 is 0. The molecule has 2 fully saturated rings. The zero-order valence-corrected chi connectivity index (χ0v) is 18.7. The van der Waals surface area contributed by atoms with Crippen LogP contribution in [0.25, 0.3) is 11.3 Å². The van der Waals surface area contributed by atoms with Crippen LogP contribution in [0.2, 0.25) is 0 Å². The van der Waals surface area contributed by atoms with Crippen LogP contribution in [0.1, 0.15) is 68.7 Å². The predicted molar refractivity (Wildman–Crippen MR) is 114 cm³/mol. The van der Waals surface area contributed by atoms with Crippen LogP contribution in [0.4, 0.5) is 13.2 Å². The fourth-order valence-electron chi connectivity index (χ4n) is 4.77. The van der Waals surface area contributed by atoms with Crippen molar-refractivity contribution in [1.82, 2.24) is 4.57 Å². The summed E-state index contributed by atoms with van der Waals surface area (Å²) in [6, 6.07) is 5.61. The van der Waals surface area contributed by atoms with Crippen molar-refractivity contribution >= 4 is 10.0 Å². The molecule has 0 radical (unpaired) electrons. The first-order valence-corrected chi connectivity index (χ1v) is 12.4. The van der Waals surface area contributed by atoms with Gasteiger partial charge in [0.15, 0.2) is 0 Å². The molecule has 0 unspecified atom stereocenters. The van der Waals surface area contributed by atoms with Gasteiger partial charge < -0.3 is 4.57 Å². The van der Waals surface area contributed by atoms with Crippen LogP contribution < -0.4 is 5.14 Å². The minimum absolute atomic E-state index is 0.0186. The largest absolute Gasteiger partial charge is 0.416 e. The number of hydrogen-bond acceptors (Lipinski definition) is 2. The van der Waals surface area contributed by atoms with Crippen LogP contribution in [-0.2, 0) is 28.2 Å². The molecule has 2 aromatic rings. The van der Waals surface area contributed by atoms with Crippen molar-refractivity contribution in [3.05, 3.63) is 41.1 Å². The van der Waals surface area contributed by atoms with Crippen LogP contribution in [-0.4, -0.2) is 13.0 Å². The Bertz CT molecular complexity index is 1070. The number of primary sulfonamides is 1. The second-order valence-electron chi connectivity index (χ2n) is 9.50. The first kappa shape index (κ1) is 22.4. The SMILES string of the molecule is Cc1c(S(N)(=O)=O)cc(-c2cc(C(F)(F)F)cc(C3(C)CC3)c2)n1CC1CCCCC1. The van der Waals surface area contributed by atoms with Gasteiger partial charge in [-0.3, -0.25) is 0 Å². The van der Waals surface area contributed by atoms with Gasteiger partial charge in [0.25, 0.3) is 0 Å². The van der Waals surface area contributed by atoms with Crippen molar-refractivity contribution in [1.29, 1.82) is 0 Å². The van der Waals surface area contributed by atoms with Gasteiger partial charge in [0.1, 0.15) is 4.90 Å². The van der Waals surface area contributed by atoms with E-state index in [1.807, 2.05) is 11.5 Å². The number of rotatable bonds is 5. The number of nitrogens with two attached hydrogens (primary N) is 1. The molecule has 1 heterocycles. The van der Waals surface area contributed by atoms with Gasteiger partial charge in [-0.15, -0.1) is 0 Å². The molecular formula is C23H29F3N2O2S. The molecule has 0 aliphatic heterocycles. The van der Waals surface area contributed by atoms with Gasteiger partial charge in [-0.25, -0.2) is 13.6 Å². The highest BCUT2D eigenvalue weighted by atomic mass is 32.2. The lowest BCUT2D eigenvalue weighted by molar-refractivity contribution is -0.137. The molecule has 31 heavy (non-hydrogen) atoms. The quantitative estimate of drug-likeness (QED) is 0.624. The number of hydrogen-bond donors (Lipinski definition) is 1. The number of sulfonamides is 1. The minimum Gasteiger partial charge on any atom is -0.343 e. The van der Waals surface area contributed by atoms with E-state index in [0.29, 0.717) is 35.0 Å². The van der Waals surface area contributed by atoms with Crippen molar-refractivity contribution < 1.29 is 21.6 Å². The van der Waals surface area contributed by atoms with Gasteiger partial charge in [0, 0.05) is 17.9 Å². The van der Waals surface area contributed by atoms with Gasteiger partial charge >= 0.3 is 6.18 Å². The number of alkyl halides is 3. The average Bonchev–Trinajstić information content (AvgIpc) is 3.36. The number of halogens is 3. The summed E-state index contributed by atoms with van der Waals surface area (Å²) in [7, 11) is -3.99. The number of benzene rings is 1. The summed E-state index contributed by atoms with van der Waals surface area (Å²) in [4.78, 5) is -0.0186. The van der Waals surface area contributed by atoms with Crippen LogP contribution in [0.5, 0.6) is 0 Å². The Labute approximate surface area is 181 Å². The van der Waals surface area contributed by atoms with Gasteiger partial charge in [-0.05, 0) is 79.3 Å². The first-order chi connectivity index (χ1) is 14.4. The molecule has 1 aromatic carbocycles. The van der Waals surface area contributed by atoms with E-state index >= 15 is 0 Å². The molecule has 1 aromatic heterocycles. The maximum atomic E-state index is 13.7. The molecule has 2 N–H and O–H groups in total. The second kappa shape index (κ2) is 7.66. The van der Waals surface area contributed by atoms with Gasteiger partial charge in [0.05, 0.1) is 5.56 Å². The molecule has 170 valence electrons. The highest BCUT2D eigenvalue weighted by Crippen LogP contribution is 2.50. The summed E-state index contributed by atoms with van der Waals surface area (Å²) in [6.07, 6.45) is 2.71. The van der Waals surface area contributed by atoms with Gasteiger partial charge in [-0.2, -0.15) is 13.2 Å². The third kappa shape index (κ3) is 4.55. The van der Waals surface area contributed by atoms with Crippen LogP contribution in [0.3, 0.4) is 0 Å². The normalized spacial score (nSPS) is 19.5. The molecule has 0 saturated heterocycles. The Hall–Kier alpha value is -1.80. The summed E-state index contributed by atoms with van der Waals surface area (Å²) in [6.45, 7) is 4.23. The Morgan fingerprint density at radius 3 is 2.29 bits per heavy atom.